The second-order valence-corrected chi connectivity index (χ2v) is 12.6. The lowest BCUT2D eigenvalue weighted by atomic mass is 9.47. The van der Waals surface area contributed by atoms with Crippen LogP contribution in [0.15, 0.2) is 41.0 Å². The molecule has 188 valence electrons. The summed E-state index contributed by atoms with van der Waals surface area (Å²) in [5.74, 6) is 2.23. The van der Waals surface area contributed by atoms with Gasteiger partial charge in [0.15, 0.2) is 0 Å². The first-order valence-corrected chi connectivity index (χ1v) is 13.7. The maximum absolute atomic E-state index is 13.5. The molecule has 0 saturated heterocycles. The van der Waals surface area contributed by atoms with E-state index in [9.17, 15) is 14.3 Å². The molecule has 0 radical (unpaired) electrons. The van der Waals surface area contributed by atoms with Crippen molar-refractivity contribution in [1.82, 2.24) is 5.01 Å². The standard InChI is InChI=1S/C30H39FN2O2/c1-18(34)33-28(19-4-7-21(31)8-5-19)17-27(32-33)26-11-10-24-23-9-6-20-16-22(35)12-14-29(20,2)25(23)13-15-30(24,26)3/h4-8,22-26,28,35H,9-17H2,1-3H3/t22-,23-,24-,25-,26+,28-,29-,30-/m0/s1. The first-order chi connectivity index (χ1) is 16.7. The lowest BCUT2D eigenvalue weighted by Crippen LogP contribution is -2.51. The lowest BCUT2D eigenvalue weighted by Gasteiger charge is -2.58. The molecule has 0 bridgehead atoms. The number of rotatable bonds is 2. The molecular formula is C30H39FN2O2. The third kappa shape index (κ3) is 3.55. The first-order valence-electron chi connectivity index (χ1n) is 13.7. The van der Waals surface area contributed by atoms with Crippen LogP contribution < -0.4 is 0 Å². The van der Waals surface area contributed by atoms with Crippen LogP contribution in [0.25, 0.3) is 0 Å². The minimum atomic E-state index is -0.254. The fourth-order valence-corrected chi connectivity index (χ4v) is 9.17. The summed E-state index contributed by atoms with van der Waals surface area (Å²) in [6, 6.07) is 6.43. The molecule has 4 nitrogen and oxygen atoms in total. The molecule has 1 amide bonds. The van der Waals surface area contributed by atoms with E-state index in [1.54, 1.807) is 24.1 Å². The van der Waals surface area contributed by atoms with Crippen LogP contribution in [0, 0.1) is 40.3 Å². The summed E-state index contributed by atoms with van der Waals surface area (Å²) < 4.78 is 13.5. The van der Waals surface area contributed by atoms with Crippen molar-refractivity contribution in [1.29, 1.82) is 0 Å². The molecule has 3 fully saturated rings. The van der Waals surface area contributed by atoms with Crippen LogP contribution in [0.1, 0.15) is 90.2 Å². The average molecular weight is 479 g/mol. The number of nitrogens with zero attached hydrogens (tertiary/aromatic N) is 2. The number of aliphatic hydroxyl groups excluding tert-OH is 1. The predicted molar refractivity (Wildman–Crippen MR) is 135 cm³/mol. The van der Waals surface area contributed by atoms with Gasteiger partial charge in [-0.15, -0.1) is 0 Å². The number of carbonyl (C=O) groups is 1. The molecule has 1 N–H and O–H groups in total. The zero-order chi connectivity index (χ0) is 24.5. The largest absolute Gasteiger partial charge is 0.393 e. The van der Waals surface area contributed by atoms with Gasteiger partial charge in [0.25, 0.3) is 0 Å². The summed E-state index contributed by atoms with van der Waals surface area (Å²) in [4.78, 5) is 12.5. The number of amides is 1. The summed E-state index contributed by atoms with van der Waals surface area (Å²) in [6.07, 6.45) is 12.0. The van der Waals surface area contributed by atoms with Gasteiger partial charge >= 0.3 is 0 Å². The van der Waals surface area contributed by atoms with E-state index in [1.807, 2.05) is 0 Å². The molecule has 1 aromatic carbocycles. The van der Waals surface area contributed by atoms with Crippen LogP contribution in [-0.4, -0.2) is 27.8 Å². The number of hydrogen-bond donors (Lipinski definition) is 1. The van der Waals surface area contributed by atoms with Crippen LogP contribution in [-0.2, 0) is 4.79 Å². The normalized spacial score (nSPS) is 42.6. The molecule has 5 heteroatoms. The van der Waals surface area contributed by atoms with E-state index in [-0.39, 0.29) is 34.7 Å². The van der Waals surface area contributed by atoms with E-state index in [4.69, 9.17) is 5.10 Å². The molecule has 3 saturated carbocycles. The van der Waals surface area contributed by atoms with E-state index in [2.05, 4.69) is 19.9 Å². The molecular weight excluding hydrogens is 439 g/mol. The second kappa shape index (κ2) is 8.26. The van der Waals surface area contributed by atoms with Crippen molar-refractivity contribution >= 4 is 11.6 Å². The average Bonchev–Trinajstić information content (AvgIpc) is 3.41. The van der Waals surface area contributed by atoms with Crippen molar-refractivity contribution in [2.45, 2.75) is 90.7 Å². The van der Waals surface area contributed by atoms with Crippen LogP contribution in [0.5, 0.6) is 0 Å². The zero-order valence-electron chi connectivity index (χ0n) is 21.3. The van der Waals surface area contributed by atoms with Gasteiger partial charge in [-0.2, -0.15) is 5.10 Å². The first kappa shape index (κ1) is 23.4. The molecule has 1 aliphatic heterocycles. The molecule has 1 heterocycles. The minimum absolute atomic E-state index is 0.0462. The van der Waals surface area contributed by atoms with Gasteiger partial charge < -0.3 is 5.11 Å². The molecule has 8 atom stereocenters. The maximum atomic E-state index is 13.5. The van der Waals surface area contributed by atoms with Crippen molar-refractivity contribution in [2.75, 3.05) is 0 Å². The van der Waals surface area contributed by atoms with Gasteiger partial charge in [0, 0.05) is 25.0 Å². The number of benzene rings is 1. The van der Waals surface area contributed by atoms with Gasteiger partial charge in [0.2, 0.25) is 5.91 Å². The highest BCUT2D eigenvalue weighted by Crippen LogP contribution is 2.66. The Labute approximate surface area is 208 Å². The van der Waals surface area contributed by atoms with E-state index < -0.39 is 0 Å². The predicted octanol–water partition coefficient (Wildman–Crippen LogP) is 6.41. The second-order valence-electron chi connectivity index (χ2n) is 12.6. The van der Waals surface area contributed by atoms with Crippen molar-refractivity contribution < 1.29 is 14.3 Å². The lowest BCUT2D eigenvalue weighted by molar-refractivity contribution is -0.130. The van der Waals surface area contributed by atoms with Gasteiger partial charge in [-0.25, -0.2) is 9.40 Å². The van der Waals surface area contributed by atoms with Crippen molar-refractivity contribution in [3.8, 4) is 0 Å². The number of hydrazone groups is 1. The highest BCUT2D eigenvalue weighted by Gasteiger charge is 2.59. The Morgan fingerprint density at radius 2 is 1.83 bits per heavy atom. The molecule has 0 aromatic heterocycles. The monoisotopic (exact) mass is 478 g/mol. The van der Waals surface area contributed by atoms with Crippen molar-refractivity contribution in [2.24, 2.45) is 39.6 Å². The summed E-state index contributed by atoms with van der Waals surface area (Å²) in [7, 11) is 0. The number of aliphatic hydroxyl groups is 1. The molecule has 0 spiro atoms. The maximum Gasteiger partial charge on any atom is 0.240 e. The van der Waals surface area contributed by atoms with Crippen LogP contribution in [0.2, 0.25) is 0 Å². The number of hydrogen-bond acceptors (Lipinski definition) is 3. The summed E-state index contributed by atoms with van der Waals surface area (Å²) in [6.45, 7) is 6.57. The Bertz CT molecular complexity index is 1080. The molecule has 35 heavy (non-hydrogen) atoms. The smallest absolute Gasteiger partial charge is 0.240 e. The number of carbonyl (C=O) groups excluding carboxylic acids is 1. The summed E-state index contributed by atoms with van der Waals surface area (Å²) >= 11 is 0. The van der Waals surface area contributed by atoms with Gasteiger partial charge in [0.05, 0.1) is 12.1 Å². The summed E-state index contributed by atoms with van der Waals surface area (Å²) in [5, 5.41) is 16.9. The Kier molecular flexibility index (Phi) is 5.52. The SMILES string of the molecule is CC(=O)N1N=C([C@H]2CC[C@H]3[C@@H]4CC=C5C[C@@H](O)CC[C@]5(C)[C@H]4CC[C@]23C)C[C@H]1c1ccc(F)cc1. The Balaban J connectivity index is 1.27. The Hall–Kier alpha value is -2.01. The van der Waals surface area contributed by atoms with Crippen LogP contribution in [0.4, 0.5) is 4.39 Å². The van der Waals surface area contributed by atoms with Crippen LogP contribution in [0.3, 0.4) is 0 Å². The molecule has 0 unspecified atom stereocenters. The molecule has 5 aliphatic rings. The molecule has 4 aliphatic carbocycles. The third-order valence-corrected chi connectivity index (χ3v) is 11.0. The van der Waals surface area contributed by atoms with Gasteiger partial charge in [-0.05, 0) is 97.6 Å². The van der Waals surface area contributed by atoms with E-state index in [0.29, 0.717) is 17.8 Å². The molecule has 1 aromatic rings. The number of halogens is 1. The third-order valence-electron chi connectivity index (χ3n) is 11.0. The van der Waals surface area contributed by atoms with Gasteiger partial charge in [-0.3, -0.25) is 4.79 Å². The highest BCUT2D eigenvalue weighted by molar-refractivity contribution is 5.92. The van der Waals surface area contributed by atoms with E-state index >= 15 is 0 Å². The zero-order valence-corrected chi connectivity index (χ0v) is 21.3. The quantitative estimate of drug-likeness (QED) is 0.499. The highest BCUT2D eigenvalue weighted by atomic mass is 19.1. The number of fused-ring (bicyclic) bond motifs is 5. The topological polar surface area (TPSA) is 52.9 Å². The number of allylic oxidation sites excluding steroid dienone is 1. The minimum Gasteiger partial charge on any atom is -0.393 e. The fraction of sp³-hybridized carbons (Fsp3) is 0.667. The van der Waals surface area contributed by atoms with Crippen LogP contribution >= 0.6 is 0 Å². The molecule has 6 rings (SSSR count). The van der Waals surface area contributed by atoms with E-state index in [1.165, 1.54) is 42.7 Å². The fourth-order valence-electron chi connectivity index (χ4n) is 9.17. The Morgan fingerprint density at radius 1 is 1.06 bits per heavy atom. The van der Waals surface area contributed by atoms with Crippen molar-refractivity contribution in [3.05, 3.63) is 47.3 Å². The van der Waals surface area contributed by atoms with Gasteiger partial charge in [0.1, 0.15) is 5.82 Å². The Morgan fingerprint density at radius 3 is 2.57 bits per heavy atom. The van der Waals surface area contributed by atoms with Crippen molar-refractivity contribution in [3.63, 3.8) is 0 Å². The van der Waals surface area contributed by atoms with E-state index in [0.717, 1.165) is 50.0 Å². The van der Waals surface area contributed by atoms with Gasteiger partial charge in [-0.1, -0.05) is 37.6 Å². The summed E-state index contributed by atoms with van der Waals surface area (Å²) in [5.41, 5.74) is 4.13.